The maximum atomic E-state index is 13.2. The number of Topliss-reactive ketones (excluding diaryl/α,β-unsaturated/α-hetero) is 1. The second-order valence-electron chi connectivity index (χ2n) is 7.46. The van der Waals surface area contributed by atoms with E-state index >= 15 is 0 Å². The van der Waals surface area contributed by atoms with Gasteiger partial charge in [-0.05, 0) is 46.7 Å². The van der Waals surface area contributed by atoms with Gasteiger partial charge in [0.25, 0.3) is 5.78 Å². The van der Waals surface area contributed by atoms with Gasteiger partial charge in [-0.2, -0.15) is 0 Å². The van der Waals surface area contributed by atoms with E-state index in [-0.39, 0.29) is 11.3 Å². The number of aliphatic hydroxyl groups excluding tert-OH is 1. The summed E-state index contributed by atoms with van der Waals surface area (Å²) in [6.45, 7) is 0. The Balaban J connectivity index is 1.69. The lowest BCUT2D eigenvalue weighted by atomic mass is 9.94. The van der Waals surface area contributed by atoms with Crippen LogP contribution in [0.2, 0.25) is 0 Å². The van der Waals surface area contributed by atoms with Crippen molar-refractivity contribution in [1.82, 2.24) is 4.98 Å². The number of thiazole rings is 1. The summed E-state index contributed by atoms with van der Waals surface area (Å²) in [5.74, 6) is -0.961. The summed E-state index contributed by atoms with van der Waals surface area (Å²) in [6.07, 6.45) is 1.58. The standard InChI is InChI=1S/C25H17BrN2O4S/c1-32-19-9-6-15-12-17(3-2-16(15)13-19)22(29)20-21(14-4-7-18(26)8-5-14)28(24(31)23(20)30)25-27-10-11-33-25/h2-13,21,29H,1H3/b22-20+. The Morgan fingerprint density at radius 1 is 1.06 bits per heavy atom. The zero-order valence-electron chi connectivity index (χ0n) is 17.4. The van der Waals surface area contributed by atoms with Gasteiger partial charge in [0.2, 0.25) is 0 Å². The fraction of sp³-hybridized carbons (Fsp3) is 0.0800. The van der Waals surface area contributed by atoms with Crippen LogP contribution >= 0.6 is 27.3 Å². The normalized spacial score (nSPS) is 17.6. The topological polar surface area (TPSA) is 79.7 Å². The summed E-state index contributed by atoms with van der Waals surface area (Å²) in [5, 5.41) is 15.2. The molecule has 33 heavy (non-hydrogen) atoms. The van der Waals surface area contributed by atoms with Crippen LogP contribution in [0.25, 0.3) is 16.5 Å². The second-order valence-corrected chi connectivity index (χ2v) is 9.25. The number of hydrogen-bond acceptors (Lipinski definition) is 6. The molecule has 5 rings (SSSR count). The molecule has 1 fully saturated rings. The van der Waals surface area contributed by atoms with E-state index in [1.807, 2.05) is 48.5 Å². The van der Waals surface area contributed by atoms with Crippen molar-refractivity contribution in [2.75, 3.05) is 12.0 Å². The van der Waals surface area contributed by atoms with Crippen LogP contribution < -0.4 is 9.64 Å². The Kier molecular flexibility index (Phi) is 5.47. The minimum atomic E-state index is -0.796. The van der Waals surface area contributed by atoms with Crippen LogP contribution in [0.4, 0.5) is 5.13 Å². The monoisotopic (exact) mass is 520 g/mol. The minimum absolute atomic E-state index is 0.0328. The minimum Gasteiger partial charge on any atom is -0.507 e. The number of halogens is 1. The molecule has 1 aromatic heterocycles. The molecule has 1 aliphatic heterocycles. The molecule has 8 heteroatoms. The van der Waals surface area contributed by atoms with Crippen LogP contribution in [0, 0.1) is 0 Å². The number of benzene rings is 3. The lowest BCUT2D eigenvalue weighted by Gasteiger charge is -2.23. The fourth-order valence-electron chi connectivity index (χ4n) is 3.98. The van der Waals surface area contributed by atoms with E-state index in [1.54, 1.807) is 30.8 Å². The average Bonchev–Trinajstić information content (AvgIpc) is 3.45. The number of ketones is 1. The van der Waals surface area contributed by atoms with Crippen LogP contribution in [-0.2, 0) is 9.59 Å². The number of rotatable bonds is 4. The molecule has 2 heterocycles. The molecule has 1 saturated heterocycles. The third kappa shape index (κ3) is 3.71. The molecule has 3 aromatic carbocycles. The van der Waals surface area contributed by atoms with Gasteiger partial charge < -0.3 is 9.84 Å². The number of aromatic nitrogens is 1. The number of anilines is 1. The van der Waals surface area contributed by atoms with Gasteiger partial charge in [-0.1, -0.05) is 46.3 Å². The first kappa shape index (κ1) is 21.4. The van der Waals surface area contributed by atoms with Gasteiger partial charge in [0.05, 0.1) is 18.7 Å². The third-order valence-electron chi connectivity index (χ3n) is 5.58. The van der Waals surface area contributed by atoms with E-state index in [0.29, 0.717) is 16.3 Å². The number of amides is 1. The molecule has 6 nitrogen and oxygen atoms in total. The predicted octanol–water partition coefficient (Wildman–Crippen LogP) is 5.69. The maximum absolute atomic E-state index is 13.2. The summed E-state index contributed by atoms with van der Waals surface area (Å²) < 4.78 is 6.13. The van der Waals surface area contributed by atoms with E-state index in [2.05, 4.69) is 20.9 Å². The summed E-state index contributed by atoms with van der Waals surface area (Å²) in [7, 11) is 1.60. The quantitative estimate of drug-likeness (QED) is 0.212. The molecular weight excluding hydrogens is 504 g/mol. The van der Waals surface area contributed by atoms with Gasteiger partial charge >= 0.3 is 5.91 Å². The smallest absolute Gasteiger partial charge is 0.301 e. The molecule has 1 N–H and O–H groups in total. The van der Waals surface area contributed by atoms with Gasteiger partial charge in [0.1, 0.15) is 11.5 Å². The van der Waals surface area contributed by atoms with Crippen molar-refractivity contribution < 1.29 is 19.4 Å². The zero-order valence-corrected chi connectivity index (χ0v) is 19.8. The van der Waals surface area contributed by atoms with Gasteiger partial charge in [-0.15, -0.1) is 11.3 Å². The van der Waals surface area contributed by atoms with E-state index in [9.17, 15) is 14.7 Å². The Bertz CT molecular complexity index is 1410. The molecule has 1 unspecified atom stereocenters. The first-order valence-corrected chi connectivity index (χ1v) is 11.7. The number of methoxy groups -OCH3 is 1. The largest absolute Gasteiger partial charge is 0.507 e. The maximum Gasteiger partial charge on any atom is 0.301 e. The van der Waals surface area contributed by atoms with Crippen LogP contribution in [0.5, 0.6) is 5.75 Å². The van der Waals surface area contributed by atoms with Crippen molar-refractivity contribution in [3.05, 3.63) is 93.4 Å². The van der Waals surface area contributed by atoms with Gasteiger partial charge in [0.15, 0.2) is 5.13 Å². The first-order chi connectivity index (χ1) is 16.0. The van der Waals surface area contributed by atoms with Crippen LogP contribution in [-0.4, -0.2) is 28.9 Å². The molecule has 1 aliphatic rings. The van der Waals surface area contributed by atoms with Crippen LogP contribution in [0.15, 0.2) is 82.3 Å². The number of nitrogens with zero attached hydrogens (tertiary/aromatic N) is 2. The summed E-state index contributed by atoms with van der Waals surface area (Å²) in [4.78, 5) is 31.8. The molecule has 0 bridgehead atoms. The molecule has 0 saturated carbocycles. The molecular formula is C25H17BrN2O4S. The summed E-state index contributed by atoms with van der Waals surface area (Å²) >= 11 is 4.68. The van der Waals surface area contributed by atoms with Crippen molar-refractivity contribution >= 4 is 60.6 Å². The predicted molar refractivity (Wildman–Crippen MR) is 132 cm³/mol. The molecule has 164 valence electrons. The van der Waals surface area contributed by atoms with Crippen molar-refractivity contribution in [2.45, 2.75) is 6.04 Å². The van der Waals surface area contributed by atoms with E-state index < -0.39 is 17.7 Å². The third-order valence-corrected chi connectivity index (χ3v) is 6.88. The SMILES string of the molecule is COc1ccc2cc(/C(O)=C3\C(=O)C(=O)N(c4nccs4)C3c3ccc(Br)cc3)ccc2c1. The molecule has 4 aromatic rings. The molecule has 1 amide bonds. The summed E-state index contributed by atoms with van der Waals surface area (Å²) in [6, 6.07) is 17.5. The van der Waals surface area contributed by atoms with Crippen LogP contribution in [0.3, 0.4) is 0 Å². The lowest BCUT2D eigenvalue weighted by molar-refractivity contribution is -0.132. The molecule has 0 spiro atoms. The highest BCUT2D eigenvalue weighted by Gasteiger charge is 2.47. The highest BCUT2D eigenvalue weighted by Crippen LogP contribution is 2.43. The highest BCUT2D eigenvalue weighted by atomic mass is 79.9. The van der Waals surface area contributed by atoms with Crippen molar-refractivity contribution in [1.29, 1.82) is 0 Å². The van der Waals surface area contributed by atoms with Crippen molar-refractivity contribution in [3.63, 3.8) is 0 Å². The van der Waals surface area contributed by atoms with E-state index in [4.69, 9.17) is 4.74 Å². The van der Waals surface area contributed by atoms with Gasteiger partial charge in [-0.3, -0.25) is 14.5 Å². The Labute approximate surface area is 201 Å². The highest BCUT2D eigenvalue weighted by molar-refractivity contribution is 9.10. The van der Waals surface area contributed by atoms with Crippen molar-refractivity contribution in [3.8, 4) is 5.75 Å². The Morgan fingerprint density at radius 3 is 2.48 bits per heavy atom. The molecule has 1 atom stereocenters. The van der Waals surface area contributed by atoms with Crippen molar-refractivity contribution in [2.24, 2.45) is 0 Å². The number of hydrogen-bond donors (Lipinski definition) is 1. The van der Waals surface area contributed by atoms with Gasteiger partial charge in [0, 0.05) is 21.6 Å². The van der Waals surface area contributed by atoms with E-state index in [0.717, 1.165) is 21.0 Å². The Hall–Kier alpha value is -3.49. The summed E-state index contributed by atoms with van der Waals surface area (Å²) in [5.41, 5.74) is 1.18. The van der Waals surface area contributed by atoms with Gasteiger partial charge in [-0.25, -0.2) is 4.98 Å². The number of ether oxygens (including phenoxy) is 1. The Morgan fingerprint density at radius 2 is 1.79 bits per heavy atom. The molecule has 0 aliphatic carbocycles. The fourth-order valence-corrected chi connectivity index (χ4v) is 4.91. The van der Waals surface area contributed by atoms with E-state index in [1.165, 1.54) is 16.2 Å². The first-order valence-electron chi connectivity index (χ1n) is 10.0. The number of carbonyl (C=O) groups excluding carboxylic acids is 2. The second kappa shape index (κ2) is 8.46. The van der Waals surface area contributed by atoms with Crippen LogP contribution in [0.1, 0.15) is 17.2 Å². The number of fused-ring (bicyclic) bond motifs is 1. The number of aliphatic hydroxyl groups is 1. The zero-order chi connectivity index (χ0) is 23.1. The number of carbonyl (C=O) groups is 2. The molecule has 0 radical (unpaired) electrons. The average molecular weight is 521 g/mol. The lowest BCUT2D eigenvalue weighted by Crippen LogP contribution is -2.29.